The lowest BCUT2D eigenvalue weighted by Gasteiger charge is -1.95. The van der Waals surface area contributed by atoms with Gasteiger partial charge in [-0.15, -0.1) is 12.3 Å². The second kappa shape index (κ2) is 3.26. The molecule has 0 unspecified atom stereocenters. The third-order valence-electron chi connectivity index (χ3n) is 0.878. The number of ketones is 1. The van der Waals surface area contributed by atoms with Crippen LogP contribution in [0, 0.1) is 18.3 Å². The molecule has 0 aromatic heterocycles. The van der Waals surface area contributed by atoms with Crippen LogP contribution < -0.4 is 0 Å². The molecule has 0 aliphatic heterocycles. The van der Waals surface area contributed by atoms with Crippen LogP contribution in [0.1, 0.15) is 20.3 Å². The molecule has 0 heterocycles. The Morgan fingerprint density at radius 1 is 1.88 bits per heavy atom. The summed E-state index contributed by atoms with van der Waals surface area (Å²) in [4.78, 5) is 10.3. The van der Waals surface area contributed by atoms with E-state index in [9.17, 15) is 4.79 Å². The van der Waals surface area contributed by atoms with Gasteiger partial charge in [0.2, 0.25) is 0 Å². The Morgan fingerprint density at radius 3 is 2.50 bits per heavy atom. The summed E-state index contributed by atoms with van der Waals surface area (Å²) in [5.74, 6) is 2.74. The van der Waals surface area contributed by atoms with E-state index in [4.69, 9.17) is 6.42 Å². The van der Waals surface area contributed by atoms with Crippen LogP contribution in [0.4, 0.5) is 0 Å². The number of carbonyl (C=O) groups excluding carboxylic acids is 1. The van der Waals surface area contributed by atoms with Crippen molar-refractivity contribution in [2.24, 2.45) is 5.92 Å². The zero-order valence-corrected chi connectivity index (χ0v) is 5.27. The molecule has 8 heavy (non-hydrogen) atoms. The van der Waals surface area contributed by atoms with E-state index >= 15 is 0 Å². The molecular weight excluding hydrogens is 100 g/mol. The van der Waals surface area contributed by atoms with E-state index in [1.807, 2.05) is 6.92 Å². The Balaban J connectivity index is 3.43. The summed E-state index contributed by atoms with van der Waals surface area (Å²) in [5.41, 5.74) is 0. The van der Waals surface area contributed by atoms with Crippen LogP contribution in [-0.4, -0.2) is 5.78 Å². The fourth-order valence-electron chi connectivity index (χ4n) is 0.490. The van der Waals surface area contributed by atoms with E-state index in [0.717, 1.165) is 0 Å². The standard InChI is InChI=1S/C7H10O/c1-4-6(2)5-7(3)8/h1,6H,5H2,2-3H3/t6-/m1/s1. The summed E-state index contributed by atoms with van der Waals surface area (Å²) < 4.78 is 0. The highest BCUT2D eigenvalue weighted by molar-refractivity contribution is 5.75. The summed E-state index contributed by atoms with van der Waals surface area (Å²) in [6.07, 6.45) is 5.53. The largest absolute Gasteiger partial charge is 0.300 e. The first-order chi connectivity index (χ1) is 3.66. The molecule has 0 aromatic rings. The lowest BCUT2D eigenvalue weighted by molar-refractivity contribution is -0.117. The van der Waals surface area contributed by atoms with Crippen molar-refractivity contribution in [3.05, 3.63) is 0 Å². The average Bonchev–Trinajstić information content (AvgIpc) is 1.65. The number of terminal acetylenes is 1. The number of hydrogen-bond acceptors (Lipinski definition) is 1. The van der Waals surface area contributed by atoms with Crippen LogP contribution >= 0.6 is 0 Å². The van der Waals surface area contributed by atoms with E-state index in [0.29, 0.717) is 6.42 Å². The molecule has 0 rings (SSSR count). The van der Waals surface area contributed by atoms with Crippen molar-refractivity contribution in [1.29, 1.82) is 0 Å². The predicted octanol–water partition coefficient (Wildman–Crippen LogP) is 1.23. The Labute approximate surface area is 50.1 Å². The van der Waals surface area contributed by atoms with Crippen molar-refractivity contribution in [2.75, 3.05) is 0 Å². The van der Waals surface area contributed by atoms with Gasteiger partial charge >= 0.3 is 0 Å². The monoisotopic (exact) mass is 110 g/mol. The smallest absolute Gasteiger partial charge is 0.131 e. The molecular formula is C7H10O. The minimum absolute atomic E-state index is 0.104. The van der Waals surface area contributed by atoms with Crippen LogP contribution in [0.3, 0.4) is 0 Å². The minimum Gasteiger partial charge on any atom is -0.300 e. The van der Waals surface area contributed by atoms with Gasteiger partial charge in [0.05, 0.1) is 0 Å². The lowest BCUT2D eigenvalue weighted by atomic mass is 10.1. The van der Waals surface area contributed by atoms with Crippen molar-refractivity contribution < 1.29 is 4.79 Å². The van der Waals surface area contributed by atoms with E-state index < -0.39 is 0 Å². The van der Waals surface area contributed by atoms with E-state index in [-0.39, 0.29) is 11.7 Å². The number of carbonyl (C=O) groups is 1. The van der Waals surface area contributed by atoms with Gasteiger partial charge in [-0.2, -0.15) is 0 Å². The predicted molar refractivity (Wildman–Crippen MR) is 33.3 cm³/mol. The van der Waals surface area contributed by atoms with Crippen molar-refractivity contribution in [3.8, 4) is 12.3 Å². The van der Waals surface area contributed by atoms with Gasteiger partial charge < -0.3 is 0 Å². The van der Waals surface area contributed by atoms with Crippen LogP contribution in [0.25, 0.3) is 0 Å². The van der Waals surface area contributed by atoms with Gasteiger partial charge in [-0.3, -0.25) is 4.79 Å². The Kier molecular flexibility index (Phi) is 2.95. The third kappa shape index (κ3) is 3.42. The van der Waals surface area contributed by atoms with Gasteiger partial charge in [-0.1, -0.05) is 6.92 Å². The fraction of sp³-hybridized carbons (Fsp3) is 0.571. The minimum atomic E-state index is 0.104. The molecule has 0 aliphatic rings. The molecule has 0 spiro atoms. The van der Waals surface area contributed by atoms with Gasteiger partial charge in [0.25, 0.3) is 0 Å². The number of Topliss-reactive ketones (excluding diaryl/α,β-unsaturated/α-hetero) is 1. The van der Waals surface area contributed by atoms with E-state index in [2.05, 4.69) is 5.92 Å². The van der Waals surface area contributed by atoms with Crippen molar-refractivity contribution in [3.63, 3.8) is 0 Å². The third-order valence-corrected chi connectivity index (χ3v) is 0.878. The molecule has 1 heteroatoms. The topological polar surface area (TPSA) is 17.1 Å². The average molecular weight is 110 g/mol. The second-order valence-corrected chi connectivity index (χ2v) is 1.97. The van der Waals surface area contributed by atoms with Gasteiger partial charge in [-0.05, 0) is 6.92 Å². The summed E-state index contributed by atoms with van der Waals surface area (Å²) in [6.45, 7) is 3.41. The van der Waals surface area contributed by atoms with Crippen molar-refractivity contribution >= 4 is 5.78 Å². The Bertz CT molecular complexity index is 119. The molecule has 0 amide bonds. The van der Waals surface area contributed by atoms with Gasteiger partial charge in [0, 0.05) is 12.3 Å². The molecule has 0 N–H and O–H groups in total. The quantitative estimate of drug-likeness (QED) is 0.489. The van der Waals surface area contributed by atoms with Crippen molar-refractivity contribution in [1.82, 2.24) is 0 Å². The molecule has 0 fully saturated rings. The molecule has 1 atom stereocenters. The molecule has 0 radical (unpaired) electrons. The Morgan fingerprint density at radius 2 is 2.38 bits per heavy atom. The first kappa shape index (κ1) is 7.23. The maximum Gasteiger partial charge on any atom is 0.131 e. The van der Waals surface area contributed by atoms with Crippen LogP contribution in [0.15, 0.2) is 0 Å². The second-order valence-electron chi connectivity index (χ2n) is 1.97. The summed E-state index contributed by atoms with van der Waals surface area (Å²) in [7, 11) is 0. The zero-order chi connectivity index (χ0) is 6.57. The molecule has 1 nitrogen and oxygen atoms in total. The molecule has 0 saturated heterocycles. The lowest BCUT2D eigenvalue weighted by Crippen LogP contribution is -1.97. The van der Waals surface area contributed by atoms with Crippen molar-refractivity contribution in [2.45, 2.75) is 20.3 Å². The summed E-state index contributed by atoms with van der Waals surface area (Å²) in [6, 6.07) is 0. The molecule has 0 aliphatic carbocycles. The highest BCUT2D eigenvalue weighted by atomic mass is 16.1. The molecule has 0 aromatic carbocycles. The van der Waals surface area contributed by atoms with Gasteiger partial charge in [0.15, 0.2) is 0 Å². The summed E-state index contributed by atoms with van der Waals surface area (Å²) >= 11 is 0. The van der Waals surface area contributed by atoms with Crippen LogP contribution in [-0.2, 0) is 4.79 Å². The molecule has 0 bridgehead atoms. The first-order valence-corrected chi connectivity index (χ1v) is 2.62. The van der Waals surface area contributed by atoms with Gasteiger partial charge in [0.1, 0.15) is 5.78 Å². The zero-order valence-electron chi connectivity index (χ0n) is 5.27. The number of rotatable bonds is 2. The highest BCUT2D eigenvalue weighted by Gasteiger charge is 1.98. The maximum atomic E-state index is 10.3. The first-order valence-electron chi connectivity index (χ1n) is 2.62. The fourth-order valence-corrected chi connectivity index (χ4v) is 0.490. The van der Waals surface area contributed by atoms with Crippen LogP contribution in [0.2, 0.25) is 0 Å². The highest BCUT2D eigenvalue weighted by Crippen LogP contribution is 1.98. The molecule has 44 valence electrons. The van der Waals surface area contributed by atoms with Gasteiger partial charge in [-0.25, -0.2) is 0 Å². The van der Waals surface area contributed by atoms with E-state index in [1.165, 1.54) is 0 Å². The number of hydrogen-bond donors (Lipinski definition) is 0. The van der Waals surface area contributed by atoms with E-state index in [1.54, 1.807) is 6.92 Å². The molecule has 0 saturated carbocycles. The van der Waals surface area contributed by atoms with Crippen LogP contribution in [0.5, 0.6) is 0 Å². The maximum absolute atomic E-state index is 10.3. The Hall–Kier alpha value is -0.770. The normalized spacial score (nSPS) is 12.1. The summed E-state index contributed by atoms with van der Waals surface area (Å²) in [5, 5.41) is 0. The SMILES string of the molecule is C#C[C@@H](C)CC(C)=O.